The van der Waals surface area contributed by atoms with Gasteiger partial charge in [0.05, 0.1) is 10.5 Å². The summed E-state index contributed by atoms with van der Waals surface area (Å²) in [5.74, 6) is 0.257. The van der Waals surface area contributed by atoms with E-state index in [9.17, 15) is 14.9 Å². The number of benzene rings is 2. The normalized spacial score (nSPS) is 10.2. The lowest BCUT2D eigenvalue weighted by Crippen LogP contribution is -1.97. The molecule has 0 radical (unpaired) electrons. The fourth-order valence-electron chi connectivity index (χ4n) is 1.82. The average molecular weight is 306 g/mol. The highest BCUT2D eigenvalue weighted by Crippen LogP contribution is 2.34. The van der Waals surface area contributed by atoms with Crippen LogP contribution in [-0.4, -0.2) is 11.2 Å². The largest absolute Gasteiger partial charge is 0.449 e. The smallest absolute Gasteiger partial charge is 0.311 e. The van der Waals surface area contributed by atoms with Crippen molar-refractivity contribution < 1.29 is 14.5 Å². The van der Waals surface area contributed by atoms with E-state index in [0.29, 0.717) is 17.7 Å². The second kappa shape index (κ2) is 6.37. The molecule has 2 rings (SSSR count). The van der Waals surface area contributed by atoms with E-state index in [2.05, 4.69) is 0 Å². The number of aryl methyl sites for hydroxylation is 1. The first-order chi connectivity index (χ1) is 10.0. The SMILES string of the molecule is CCc1ccc(Oc2cc(Cl)ccc2C=O)c([N+](=O)[O-])c1. The van der Waals surface area contributed by atoms with Gasteiger partial charge in [-0.05, 0) is 30.2 Å². The molecule has 2 aromatic rings. The van der Waals surface area contributed by atoms with Crippen molar-refractivity contribution in [2.75, 3.05) is 0 Å². The Morgan fingerprint density at radius 3 is 2.62 bits per heavy atom. The quantitative estimate of drug-likeness (QED) is 0.466. The molecule has 0 heterocycles. The second-order valence-corrected chi connectivity index (χ2v) is 4.75. The van der Waals surface area contributed by atoms with E-state index in [1.54, 1.807) is 12.1 Å². The van der Waals surface area contributed by atoms with Crippen LogP contribution in [0.3, 0.4) is 0 Å². The van der Waals surface area contributed by atoms with Crippen molar-refractivity contribution in [1.29, 1.82) is 0 Å². The molecule has 0 amide bonds. The average Bonchev–Trinajstić information content (AvgIpc) is 2.47. The van der Waals surface area contributed by atoms with Crippen LogP contribution in [-0.2, 0) is 6.42 Å². The molecule has 0 aliphatic carbocycles. The molecule has 0 aliphatic rings. The van der Waals surface area contributed by atoms with Gasteiger partial charge in [0.1, 0.15) is 5.75 Å². The van der Waals surface area contributed by atoms with Crippen molar-refractivity contribution >= 4 is 23.6 Å². The van der Waals surface area contributed by atoms with Crippen LogP contribution in [0.2, 0.25) is 5.02 Å². The third-order valence-corrected chi connectivity index (χ3v) is 3.19. The Morgan fingerprint density at radius 2 is 2.00 bits per heavy atom. The Kier molecular flexibility index (Phi) is 4.55. The molecule has 108 valence electrons. The molecule has 2 aromatic carbocycles. The predicted octanol–water partition coefficient (Wildman–Crippen LogP) is 4.42. The summed E-state index contributed by atoms with van der Waals surface area (Å²) in [7, 11) is 0. The number of aldehydes is 1. The van der Waals surface area contributed by atoms with Crippen molar-refractivity contribution in [3.8, 4) is 11.5 Å². The molecule has 0 aliphatic heterocycles. The molecule has 0 N–H and O–H groups in total. The van der Waals surface area contributed by atoms with E-state index in [1.807, 2.05) is 6.92 Å². The monoisotopic (exact) mass is 305 g/mol. The number of ether oxygens (including phenoxy) is 1. The zero-order valence-corrected chi connectivity index (χ0v) is 12.0. The highest BCUT2D eigenvalue weighted by Gasteiger charge is 2.17. The maximum Gasteiger partial charge on any atom is 0.311 e. The van der Waals surface area contributed by atoms with Gasteiger partial charge in [0.15, 0.2) is 6.29 Å². The summed E-state index contributed by atoms with van der Waals surface area (Å²) in [4.78, 5) is 21.6. The van der Waals surface area contributed by atoms with Crippen molar-refractivity contribution in [2.45, 2.75) is 13.3 Å². The van der Waals surface area contributed by atoms with Crippen molar-refractivity contribution in [2.24, 2.45) is 0 Å². The molecule has 0 unspecified atom stereocenters. The van der Waals surface area contributed by atoms with Gasteiger partial charge in [0, 0.05) is 17.2 Å². The first-order valence-corrected chi connectivity index (χ1v) is 6.63. The maximum atomic E-state index is 11.1. The topological polar surface area (TPSA) is 69.4 Å². The molecule has 21 heavy (non-hydrogen) atoms. The Bertz CT molecular complexity index is 700. The fraction of sp³-hybridized carbons (Fsp3) is 0.133. The standard InChI is InChI=1S/C15H12ClNO4/c1-2-10-3-6-14(13(7-10)17(19)20)21-15-8-12(16)5-4-11(15)9-18/h3-9H,2H2,1H3. The minimum atomic E-state index is -0.514. The summed E-state index contributed by atoms with van der Waals surface area (Å²) in [6.45, 7) is 1.90. The Labute approximate surface area is 126 Å². The third kappa shape index (κ3) is 3.38. The zero-order chi connectivity index (χ0) is 15.4. The predicted molar refractivity (Wildman–Crippen MR) is 79.4 cm³/mol. The van der Waals surface area contributed by atoms with E-state index in [0.717, 1.165) is 5.56 Å². The van der Waals surface area contributed by atoms with Gasteiger partial charge in [-0.1, -0.05) is 24.6 Å². The van der Waals surface area contributed by atoms with E-state index in [1.165, 1.54) is 24.3 Å². The zero-order valence-electron chi connectivity index (χ0n) is 11.2. The van der Waals surface area contributed by atoms with E-state index < -0.39 is 4.92 Å². The van der Waals surface area contributed by atoms with Crippen LogP contribution < -0.4 is 4.74 Å². The lowest BCUT2D eigenvalue weighted by molar-refractivity contribution is -0.385. The molecule has 0 fully saturated rings. The Morgan fingerprint density at radius 1 is 1.24 bits per heavy atom. The van der Waals surface area contributed by atoms with Gasteiger partial charge < -0.3 is 4.74 Å². The Hall–Kier alpha value is -2.40. The molecule has 5 nitrogen and oxygen atoms in total. The number of nitro groups is 1. The van der Waals surface area contributed by atoms with Gasteiger partial charge >= 0.3 is 5.69 Å². The fourth-order valence-corrected chi connectivity index (χ4v) is 1.99. The van der Waals surface area contributed by atoms with Crippen molar-refractivity contribution in [1.82, 2.24) is 0 Å². The third-order valence-electron chi connectivity index (χ3n) is 2.95. The van der Waals surface area contributed by atoms with Crippen molar-refractivity contribution in [3.63, 3.8) is 0 Å². The van der Waals surface area contributed by atoms with Crippen LogP contribution in [0.15, 0.2) is 36.4 Å². The lowest BCUT2D eigenvalue weighted by atomic mass is 10.1. The molecule has 6 heteroatoms. The van der Waals surface area contributed by atoms with E-state index >= 15 is 0 Å². The van der Waals surface area contributed by atoms with Gasteiger partial charge in [-0.2, -0.15) is 0 Å². The van der Waals surface area contributed by atoms with Crippen LogP contribution in [0.4, 0.5) is 5.69 Å². The number of hydrogen-bond acceptors (Lipinski definition) is 4. The van der Waals surface area contributed by atoms with Gasteiger partial charge in [-0.25, -0.2) is 0 Å². The first kappa shape index (κ1) is 15.0. The number of rotatable bonds is 5. The van der Waals surface area contributed by atoms with Crippen LogP contribution in [0.25, 0.3) is 0 Å². The Balaban J connectivity index is 2.46. The highest BCUT2D eigenvalue weighted by atomic mass is 35.5. The summed E-state index contributed by atoms with van der Waals surface area (Å²) in [6, 6.07) is 9.22. The van der Waals surface area contributed by atoms with Crippen LogP contribution in [0.1, 0.15) is 22.8 Å². The molecule has 0 saturated carbocycles. The first-order valence-electron chi connectivity index (χ1n) is 6.25. The minimum Gasteiger partial charge on any atom is -0.449 e. The van der Waals surface area contributed by atoms with Crippen LogP contribution in [0.5, 0.6) is 11.5 Å². The summed E-state index contributed by atoms with van der Waals surface area (Å²) in [6.07, 6.45) is 1.29. The molecule has 0 spiro atoms. The second-order valence-electron chi connectivity index (χ2n) is 4.31. The summed E-state index contributed by atoms with van der Waals surface area (Å²) in [5, 5.41) is 11.5. The van der Waals surface area contributed by atoms with Gasteiger partial charge in [-0.15, -0.1) is 0 Å². The van der Waals surface area contributed by atoms with Crippen LogP contribution in [0, 0.1) is 10.1 Å². The number of carbonyl (C=O) groups is 1. The van der Waals surface area contributed by atoms with Gasteiger partial charge in [-0.3, -0.25) is 14.9 Å². The number of carbonyl (C=O) groups excluding carboxylic acids is 1. The van der Waals surface area contributed by atoms with E-state index in [-0.39, 0.29) is 22.7 Å². The number of halogens is 1. The van der Waals surface area contributed by atoms with E-state index in [4.69, 9.17) is 16.3 Å². The molecule has 0 saturated heterocycles. The van der Waals surface area contributed by atoms with Crippen LogP contribution >= 0.6 is 11.6 Å². The summed E-state index contributed by atoms with van der Waals surface area (Å²) in [5.41, 5.74) is 0.954. The van der Waals surface area contributed by atoms with Gasteiger partial charge in [0.2, 0.25) is 5.75 Å². The number of nitro benzene ring substituents is 1. The molecule has 0 bridgehead atoms. The molecule has 0 atom stereocenters. The molecular formula is C15H12ClNO4. The molecular weight excluding hydrogens is 294 g/mol. The minimum absolute atomic E-state index is 0.0718. The van der Waals surface area contributed by atoms with Crippen molar-refractivity contribution in [3.05, 3.63) is 62.7 Å². The summed E-state index contributed by atoms with van der Waals surface area (Å²) >= 11 is 5.86. The number of nitrogens with zero attached hydrogens (tertiary/aromatic N) is 1. The highest BCUT2D eigenvalue weighted by molar-refractivity contribution is 6.30. The summed E-state index contributed by atoms with van der Waals surface area (Å²) < 4.78 is 5.52. The number of hydrogen-bond donors (Lipinski definition) is 0. The molecule has 0 aromatic heterocycles. The van der Waals surface area contributed by atoms with Gasteiger partial charge in [0.25, 0.3) is 0 Å². The maximum absolute atomic E-state index is 11.1. The lowest BCUT2D eigenvalue weighted by Gasteiger charge is -2.09.